The molecule has 152 valence electrons. The number of halogens is 3. The van der Waals surface area contributed by atoms with Crippen molar-refractivity contribution in [3.63, 3.8) is 0 Å². The van der Waals surface area contributed by atoms with Gasteiger partial charge in [-0.1, -0.05) is 29.3 Å². The van der Waals surface area contributed by atoms with Crippen LogP contribution in [0.3, 0.4) is 0 Å². The van der Waals surface area contributed by atoms with E-state index in [4.69, 9.17) is 32.7 Å². The largest absolute Gasteiger partial charge is 0.489 e. The number of ether oxygens (including phenoxy) is 2. The molecule has 1 aromatic heterocycles. The molecule has 0 saturated carbocycles. The Kier molecular flexibility index (Phi) is 7.44. The van der Waals surface area contributed by atoms with Crippen molar-refractivity contribution in [2.24, 2.45) is 0 Å². The second kappa shape index (κ2) is 10.0. The Morgan fingerprint density at radius 2 is 2.03 bits per heavy atom. The zero-order valence-electron chi connectivity index (χ0n) is 15.4. The number of amides is 1. The number of carbonyl (C=O) groups is 1. The topological polar surface area (TPSA) is 60.5 Å². The smallest absolute Gasteiger partial charge is 0.270 e. The Balaban J connectivity index is 1.66. The van der Waals surface area contributed by atoms with Crippen molar-refractivity contribution in [2.75, 3.05) is 20.3 Å². The summed E-state index contributed by atoms with van der Waals surface area (Å²) in [5.41, 5.74) is 1.35. The Labute approximate surface area is 181 Å². The summed E-state index contributed by atoms with van der Waals surface area (Å²) in [6.45, 7) is 1.00. The van der Waals surface area contributed by atoms with Gasteiger partial charge in [0.15, 0.2) is 0 Å². The number of hydrogen-bond donors (Lipinski definition) is 1. The fourth-order valence-corrected chi connectivity index (χ4v) is 3.56. The van der Waals surface area contributed by atoms with Crippen molar-refractivity contribution in [2.45, 2.75) is 6.61 Å². The molecule has 2 aromatic carbocycles. The van der Waals surface area contributed by atoms with E-state index in [1.807, 2.05) is 0 Å². The lowest BCUT2D eigenvalue weighted by Gasteiger charge is -2.08. The molecular weight excluding hydrogens is 438 g/mol. The van der Waals surface area contributed by atoms with Gasteiger partial charge >= 0.3 is 0 Å². The third kappa shape index (κ3) is 5.67. The van der Waals surface area contributed by atoms with E-state index in [-0.39, 0.29) is 18.2 Å². The van der Waals surface area contributed by atoms with Gasteiger partial charge in [0.1, 0.15) is 28.9 Å². The van der Waals surface area contributed by atoms with E-state index < -0.39 is 5.82 Å². The summed E-state index contributed by atoms with van der Waals surface area (Å²) >= 11 is 13.1. The standard InChI is InChI=1S/C20H17Cl2FN2O3S/c1-27-7-6-24-19(26)18-11-29-20(25-18)14-4-3-13(9-17(14)23)28-10-12-2-5-15(21)16(22)8-12/h2-5,8-9,11H,6-7,10H2,1H3,(H,24,26). The van der Waals surface area contributed by atoms with Gasteiger partial charge < -0.3 is 14.8 Å². The van der Waals surface area contributed by atoms with Gasteiger partial charge in [0, 0.05) is 30.7 Å². The normalized spacial score (nSPS) is 10.8. The van der Waals surface area contributed by atoms with Gasteiger partial charge in [-0.15, -0.1) is 11.3 Å². The lowest BCUT2D eigenvalue weighted by molar-refractivity contribution is 0.0933. The molecule has 3 aromatic rings. The molecule has 0 spiro atoms. The van der Waals surface area contributed by atoms with Gasteiger partial charge in [-0.3, -0.25) is 4.79 Å². The number of benzene rings is 2. The average Bonchev–Trinajstić information content (AvgIpc) is 3.19. The van der Waals surface area contributed by atoms with Gasteiger partial charge in [-0.2, -0.15) is 0 Å². The zero-order valence-corrected chi connectivity index (χ0v) is 17.7. The Morgan fingerprint density at radius 1 is 1.21 bits per heavy atom. The van der Waals surface area contributed by atoms with E-state index >= 15 is 0 Å². The van der Waals surface area contributed by atoms with Crippen LogP contribution in [0.4, 0.5) is 4.39 Å². The summed E-state index contributed by atoms with van der Waals surface area (Å²) in [7, 11) is 1.55. The predicted molar refractivity (Wildman–Crippen MR) is 113 cm³/mol. The highest BCUT2D eigenvalue weighted by atomic mass is 35.5. The molecule has 5 nitrogen and oxygen atoms in total. The summed E-state index contributed by atoms with van der Waals surface area (Å²) in [6, 6.07) is 9.67. The van der Waals surface area contributed by atoms with Crippen LogP contribution in [0.1, 0.15) is 16.1 Å². The number of thiazole rings is 1. The van der Waals surface area contributed by atoms with Crippen molar-refractivity contribution < 1.29 is 18.7 Å². The lowest BCUT2D eigenvalue weighted by Crippen LogP contribution is -2.27. The van der Waals surface area contributed by atoms with Crippen molar-refractivity contribution in [3.05, 3.63) is 68.9 Å². The van der Waals surface area contributed by atoms with Crippen molar-refractivity contribution in [1.82, 2.24) is 10.3 Å². The van der Waals surface area contributed by atoms with Gasteiger partial charge in [-0.25, -0.2) is 9.37 Å². The fraction of sp³-hybridized carbons (Fsp3) is 0.200. The first-order valence-corrected chi connectivity index (χ1v) is 10.2. The minimum atomic E-state index is -0.489. The van der Waals surface area contributed by atoms with Gasteiger partial charge in [0.25, 0.3) is 5.91 Å². The number of nitrogens with one attached hydrogen (secondary N) is 1. The number of methoxy groups -OCH3 is 1. The Morgan fingerprint density at radius 3 is 2.76 bits per heavy atom. The predicted octanol–water partition coefficient (Wildman–Crippen LogP) is 5.21. The molecule has 1 amide bonds. The number of hydrogen-bond acceptors (Lipinski definition) is 5. The number of carbonyl (C=O) groups excluding carboxylic acids is 1. The van der Waals surface area contributed by atoms with Crippen LogP contribution in [0.5, 0.6) is 5.75 Å². The van der Waals surface area contributed by atoms with Gasteiger partial charge in [0.05, 0.1) is 16.7 Å². The molecule has 0 fully saturated rings. The Hall–Kier alpha value is -2.19. The summed E-state index contributed by atoms with van der Waals surface area (Å²) in [5.74, 6) is -0.449. The van der Waals surface area contributed by atoms with Crippen LogP contribution in [0.25, 0.3) is 10.6 Å². The highest BCUT2D eigenvalue weighted by molar-refractivity contribution is 7.13. The first-order valence-electron chi connectivity index (χ1n) is 8.57. The molecular formula is C20H17Cl2FN2O3S. The monoisotopic (exact) mass is 454 g/mol. The van der Waals surface area contributed by atoms with Crippen LogP contribution in [-0.4, -0.2) is 31.2 Å². The minimum Gasteiger partial charge on any atom is -0.489 e. The maximum absolute atomic E-state index is 14.6. The summed E-state index contributed by atoms with van der Waals surface area (Å²) in [5, 5.41) is 5.57. The van der Waals surface area contributed by atoms with E-state index in [0.29, 0.717) is 39.5 Å². The molecule has 0 saturated heterocycles. The first kappa shape index (κ1) is 21.5. The molecule has 3 rings (SSSR count). The molecule has 0 aliphatic heterocycles. The molecule has 0 aliphatic carbocycles. The second-order valence-corrected chi connectivity index (χ2v) is 7.64. The molecule has 0 atom stereocenters. The third-order valence-corrected chi connectivity index (χ3v) is 5.50. The van der Waals surface area contributed by atoms with Crippen LogP contribution in [0.15, 0.2) is 41.8 Å². The van der Waals surface area contributed by atoms with Crippen LogP contribution in [0, 0.1) is 5.82 Å². The SMILES string of the molecule is COCCNC(=O)c1csc(-c2ccc(OCc3ccc(Cl)c(Cl)c3)cc2F)n1. The molecule has 29 heavy (non-hydrogen) atoms. The molecule has 0 unspecified atom stereocenters. The van der Waals surface area contributed by atoms with E-state index in [1.165, 1.54) is 17.4 Å². The van der Waals surface area contributed by atoms with Gasteiger partial charge in [-0.05, 0) is 29.8 Å². The van der Waals surface area contributed by atoms with Crippen molar-refractivity contribution in [1.29, 1.82) is 0 Å². The summed E-state index contributed by atoms with van der Waals surface area (Å²) < 4.78 is 25.1. The first-order chi connectivity index (χ1) is 14.0. The van der Waals surface area contributed by atoms with Gasteiger partial charge in [0.2, 0.25) is 0 Å². The van der Waals surface area contributed by atoms with Crippen LogP contribution in [-0.2, 0) is 11.3 Å². The molecule has 1 heterocycles. The molecule has 0 bridgehead atoms. The summed E-state index contributed by atoms with van der Waals surface area (Å²) in [4.78, 5) is 16.2. The number of rotatable bonds is 8. The van der Waals surface area contributed by atoms with Crippen LogP contribution < -0.4 is 10.1 Å². The van der Waals surface area contributed by atoms with Crippen LogP contribution in [0.2, 0.25) is 10.0 Å². The lowest BCUT2D eigenvalue weighted by atomic mass is 10.2. The fourth-order valence-electron chi connectivity index (χ4n) is 2.41. The highest BCUT2D eigenvalue weighted by Gasteiger charge is 2.15. The van der Waals surface area contributed by atoms with E-state index in [1.54, 1.807) is 42.8 Å². The maximum atomic E-state index is 14.6. The highest BCUT2D eigenvalue weighted by Crippen LogP contribution is 2.29. The molecule has 9 heteroatoms. The Bertz CT molecular complexity index is 1010. The summed E-state index contributed by atoms with van der Waals surface area (Å²) in [6.07, 6.45) is 0. The number of nitrogens with zero attached hydrogens (tertiary/aromatic N) is 1. The third-order valence-electron chi connectivity index (χ3n) is 3.89. The zero-order chi connectivity index (χ0) is 20.8. The quantitative estimate of drug-likeness (QED) is 0.474. The van der Waals surface area contributed by atoms with E-state index in [2.05, 4.69) is 10.3 Å². The van der Waals surface area contributed by atoms with Crippen molar-refractivity contribution in [3.8, 4) is 16.3 Å². The van der Waals surface area contributed by atoms with E-state index in [9.17, 15) is 9.18 Å². The molecule has 1 N–H and O–H groups in total. The second-order valence-electron chi connectivity index (χ2n) is 5.97. The number of aromatic nitrogens is 1. The van der Waals surface area contributed by atoms with Crippen molar-refractivity contribution >= 4 is 40.4 Å². The molecule has 0 radical (unpaired) electrons. The minimum absolute atomic E-state index is 0.221. The maximum Gasteiger partial charge on any atom is 0.270 e. The van der Waals surface area contributed by atoms with Crippen LogP contribution >= 0.6 is 34.5 Å². The van der Waals surface area contributed by atoms with E-state index in [0.717, 1.165) is 5.56 Å². The molecule has 0 aliphatic rings. The average molecular weight is 455 g/mol.